The Morgan fingerprint density at radius 2 is 2.35 bits per heavy atom. The number of nitrogens with zero attached hydrogens (tertiary/aromatic N) is 3. The molecule has 0 aliphatic carbocycles. The molecule has 1 aromatic rings. The predicted molar refractivity (Wildman–Crippen MR) is 67.6 cm³/mol. The van der Waals surface area contributed by atoms with Gasteiger partial charge in [0.2, 0.25) is 0 Å². The lowest BCUT2D eigenvalue weighted by Gasteiger charge is -2.24. The van der Waals surface area contributed by atoms with Gasteiger partial charge in [0.05, 0.1) is 5.69 Å². The molecule has 3 atom stereocenters. The fourth-order valence-electron chi connectivity index (χ4n) is 3.45. The van der Waals surface area contributed by atoms with Crippen molar-refractivity contribution >= 4 is 0 Å². The van der Waals surface area contributed by atoms with E-state index in [1.807, 2.05) is 6.20 Å². The summed E-state index contributed by atoms with van der Waals surface area (Å²) in [5.74, 6) is 1.72. The lowest BCUT2D eigenvalue weighted by Crippen LogP contribution is -2.33. The van der Waals surface area contributed by atoms with E-state index in [2.05, 4.69) is 39.9 Å². The molecule has 0 spiro atoms. The lowest BCUT2D eigenvalue weighted by molar-refractivity contribution is 0.225. The highest BCUT2D eigenvalue weighted by Gasteiger charge is 2.41. The van der Waals surface area contributed by atoms with Crippen LogP contribution in [0.4, 0.5) is 0 Å². The van der Waals surface area contributed by atoms with Gasteiger partial charge in [-0.2, -0.15) is 5.10 Å². The van der Waals surface area contributed by atoms with Crippen LogP contribution < -0.4 is 5.32 Å². The molecule has 2 fully saturated rings. The molecule has 0 amide bonds. The normalized spacial score (nSPS) is 33.2. The average Bonchev–Trinajstić information content (AvgIpc) is 2.99. The van der Waals surface area contributed by atoms with Crippen LogP contribution in [0, 0.1) is 11.8 Å². The lowest BCUT2D eigenvalue weighted by atomic mass is 9.95. The van der Waals surface area contributed by atoms with E-state index < -0.39 is 0 Å². The summed E-state index contributed by atoms with van der Waals surface area (Å²) >= 11 is 0. The molecule has 0 aromatic carbocycles. The van der Waals surface area contributed by atoms with Crippen molar-refractivity contribution in [3.63, 3.8) is 0 Å². The number of rotatable bonds is 3. The predicted octanol–water partition coefficient (Wildman–Crippen LogP) is 0.943. The van der Waals surface area contributed by atoms with Gasteiger partial charge < -0.3 is 5.32 Å². The van der Waals surface area contributed by atoms with Crippen LogP contribution in [0.25, 0.3) is 0 Å². The second kappa shape index (κ2) is 4.42. The highest BCUT2D eigenvalue weighted by molar-refractivity contribution is 5.04. The molecule has 1 aromatic heterocycles. The maximum absolute atomic E-state index is 4.35. The molecule has 4 heteroatoms. The summed E-state index contributed by atoms with van der Waals surface area (Å²) in [6.45, 7) is 10.2. The summed E-state index contributed by atoms with van der Waals surface area (Å²) in [6.07, 6.45) is 1.92. The first-order chi connectivity index (χ1) is 8.29. The Bertz CT molecular complexity index is 387. The van der Waals surface area contributed by atoms with Crippen LogP contribution >= 0.6 is 0 Å². The molecule has 2 aliphatic heterocycles. The first-order valence-corrected chi connectivity index (χ1v) is 6.75. The number of fused-ring (bicyclic) bond motifs is 1. The number of aromatic nitrogens is 2. The summed E-state index contributed by atoms with van der Waals surface area (Å²) in [5.41, 5.74) is 1.35. The van der Waals surface area contributed by atoms with Crippen LogP contribution in [0.5, 0.6) is 0 Å². The summed E-state index contributed by atoms with van der Waals surface area (Å²) in [6, 6.07) is 2.86. The highest BCUT2D eigenvalue weighted by atomic mass is 15.3. The van der Waals surface area contributed by atoms with Crippen molar-refractivity contribution in [2.45, 2.75) is 33.0 Å². The zero-order chi connectivity index (χ0) is 11.8. The van der Waals surface area contributed by atoms with Crippen LogP contribution in [0.1, 0.15) is 19.5 Å². The highest BCUT2D eigenvalue weighted by Crippen LogP contribution is 2.33. The van der Waals surface area contributed by atoms with Crippen molar-refractivity contribution in [1.82, 2.24) is 20.0 Å². The zero-order valence-electron chi connectivity index (χ0n) is 10.8. The van der Waals surface area contributed by atoms with E-state index in [1.54, 1.807) is 0 Å². The molecule has 3 rings (SSSR count). The quantitative estimate of drug-likeness (QED) is 0.845. The van der Waals surface area contributed by atoms with Gasteiger partial charge >= 0.3 is 0 Å². The maximum Gasteiger partial charge on any atom is 0.0524 e. The van der Waals surface area contributed by atoms with E-state index in [0.717, 1.165) is 24.9 Å². The van der Waals surface area contributed by atoms with Gasteiger partial charge in [-0.15, -0.1) is 0 Å². The van der Waals surface area contributed by atoms with Crippen molar-refractivity contribution in [1.29, 1.82) is 0 Å². The molecular formula is C13H22N4. The van der Waals surface area contributed by atoms with E-state index in [-0.39, 0.29) is 0 Å². The van der Waals surface area contributed by atoms with Gasteiger partial charge in [-0.1, -0.05) is 0 Å². The zero-order valence-corrected chi connectivity index (χ0v) is 10.8. The second-order valence-electron chi connectivity index (χ2n) is 5.39. The smallest absolute Gasteiger partial charge is 0.0524 e. The number of hydrogen-bond donors (Lipinski definition) is 1. The van der Waals surface area contributed by atoms with Crippen molar-refractivity contribution < 1.29 is 0 Å². The summed E-state index contributed by atoms with van der Waals surface area (Å²) in [5, 5.41) is 7.86. The largest absolute Gasteiger partial charge is 0.316 e. The third-order valence-electron chi connectivity index (χ3n) is 4.53. The van der Waals surface area contributed by atoms with Crippen molar-refractivity contribution in [3.05, 3.63) is 18.0 Å². The minimum absolute atomic E-state index is 0.704. The standard InChI is InChI=1S/C13H22N4/c1-3-17-12(4-5-15-17)9-16-8-11-6-14-7-13(11)10(16)2/h4-5,10-11,13-14H,3,6-9H2,1-2H3. The number of nitrogens with one attached hydrogen (secondary N) is 1. The van der Waals surface area contributed by atoms with Gasteiger partial charge in [0.25, 0.3) is 0 Å². The third-order valence-corrected chi connectivity index (χ3v) is 4.53. The van der Waals surface area contributed by atoms with Crippen LogP contribution in [0.2, 0.25) is 0 Å². The molecule has 94 valence electrons. The molecular weight excluding hydrogens is 212 g/mol. The van der Waals surface area contributed by atoms with Crippen molar-refractivity contribution in [2.24, 2.45) is 11.8 Å². The second-order valence-corrected chi connectivity index (χ2v) is 5.39. The average molecular weight is 234 g/mol. The molecule has 3 heterocycles. The molecule has 2 saturated heterocycles. The number of likely N-dealkylation sites (tertiary alicyclic amines) is 1. The number of hydrogen-bond acceptors (Lipinski definition) is 3. The van der Waals surface area contributed by atoms with Crippen LogP contribution in [-0.2, 0) is 13.1 Å². The Labute approximate surface area is 103 Å². The Balaban J connectivity index is 1.70. The Morgan fingerprint density at radius 1 is 1.47 bits per heavy atom. The molecule has 0 radical (unpaired) electrons. The first kappa shape index (κ1) is 11.2. The fourth-order valence-corrected chi connectivity index (χ4v) is 3.45. The van der Waals surface area contributed by atoms with Crippen LogP contribution in [0.3, 0.4) is 0 Å². The van der Waals surface area contributed by atoms with Crippen molar-refractivity contribution in [2.75, 3.05) is 19.6 Å². The minimum atomic E-state index is 0.704. The van der Waals surface area contributed by atoms with E-state index >= 15 is 0 Å². The third kappa shape index (κ3) is 1.89. The van der Waals surface area contributed by atoms with Gasteiger partial charge in [0.1, 0.15) is 0 Å². The van der Waals surface area contributed by atoms with Gasteiger partial charge in [-0.3, -0.25) is 9.58 Å². The first-order valence-electron chi connectivity index (χ1n) is 6.75. The fraction of sp³-hybridized carbons (Fsp3) is 0.769. The van der Waals surface area contributed by atoms with Crippen LogP contribution in [0.15, 0.2) is 12.3 Å². The van der Waals surface area contributed by atoms with Crippen molar-refractivity contribution in [3.8, 4) is 0 Å². The molecule has 4 nitrogen and oxygen atoms in total. The van der Waals surface area contributed by atoms with E-state index in [4.69, 9.17) is 0 Å². The van der Waals surface area contributed by atoms with E-state index in [1.165, 1.54) is 25.3 Å². The maximum atomic E-state index is 4.35. The van der Waals surface area contributed by atoms with E-state index in [0.29, 0.717) is 6.04 Å². The van der Waals surface area contributed by atoms with Gasteiger partial charge in [0, 0.05) is 31.9 Å². The summed E-state index contributed by atoms with van der Waals surface area (Å²) in [4.78, 5) is 2.62. The summed E-state index contributed by atoms with van der Waals surface area (Å²) < 4.78 is 2.11. The number of aryl methyl sites for hydroxylation is 1. The van der Waals surface area contributed by atoms with Gasteiger partial charge in [-0.25, -0.2) is 0 Å². The molecule has 1 N–H and O–H groups in total. The minimum Gasteiger partial charge on any atom is -0.316 e. The Kier molecular flexibility index (Phi) is 2.92. The van der Waals surface area contributed by atoms with Crippen LogP contribution in [-0.4, -0.2) is 40.4 Å². The molecule has 0 bridgehead atoms. The van der Waals surface area contributed by atoms with Gasteiger partial charge in [0.15, 0.2) is 0 Å². The molecule has 17 heavy (non-hydrogen) atoms. The molecule has 2 aliphatic rings. The Morgan fingerprint density at radius 3 is 3.12 bits per heavy atom. The summed E-state index contributed by atoms with van der Waals surface area (Å²) in [7, 11) is 0. The Hall–Kier alpha value is -0.870. The SMILES string of the molecule is CCn1nccc1CN1CC2CNCC2C1C. The van der Waals surface area contributed by atoms with Gasteiger partial charge in [-0.05, 0) is 44.8 Å². The topological polar surface area (TPSA) is 33.1 Å². The molecule has 3 unspecified atom stereocenters. The monoisotopic (exact) mass is 234 g/mol. The van der Waals surface area contributed by atoms with E-state index in [9.17, 15) is 0 Å². The molecule has 0 saturated carbocycles.